The molecule has 1 aromatic carbocycles. The first-order valence-electron chi connectivity index (χ1n) is 6.45. The molecule has 0 saturated heterocycles. The van der Waals surface area contributed by atoms with Crippen LogP contribution < -0.4 is 5.32 Å². The minimum Gasteiger partial charge on any atom is -0.327 e. The molecule has 0 fully saturated rings. The number of benzene rings is 1. The van der Waals surface area contributed by atoms with Crippen molar-refractivity contribution in [1.82, 2.24) is 19.7 Å². The molecule has 0 amide bonds. The van der Waals surface area contributed by atoms with Crippen molar-refractivity contribution >= 4 is 16.8 Å². The first-order valence-corrected chi connectivity index (χ1v) is 6.45. The van der Waals surface area contributed by atoms with E-state index in [2.05, 4.69) is 46.0 Å². The molecule has 4 heteroatoms. The third-order valence-electron chi connectivity index (χ3n) is 3.39. The van der Waals surface area contributed by atoms with Gasteiger partial charge in [0.15, 0.2) is 0 Å². The summed E-state index contributed by atoms with van der Waals surface area (Å²) in [4.78, 5) is 8.08. The van der Waals surface area contributed by atoms with Gasteiger partial charge in [0, 0.05) is 24.9 Å². The number of nitrogens with zero attached hydrogens (tertiary/aromatic N) is 2. The summed E-state index contributed by atoms with van der Waals surface area (Å²) in [7, 11) is 1.97. The van der Waals surface area contributed by atoms with Crippen LogP contribution in [0.25, 0.3) is 16.8 Å². The lowest BCUT2D eigenvalue weighted by atomic mass is 10.1. The van der Waals surface area contributed by atoms with E-state index in [1.165, 1.54) is 16.8 Å². The summed E-state index contributed by atoms with van der Waals surface area (Å²) in [5.41, 5.74) is 4.83. The van der Waals surface area contributed by atoms with Gasteiger partial charge in [-0.05, 0) is 25.1 Å². The smallest absolute Gasteiger partial charge is 0.212 e. The van der Waals surface area contributed by atoms with E-state index >= 15 is 0 Å². The van der Waals surface area contributed by atoms with Gasteiger partial charge >= 0.3 is 0 Å². The van der Waals surface area contributed by atoms with Gasteiger partial charge in [0.2, 0.25) is 5.78 Å². The van der Waals surface area contributed by atoms with Crippen molar-refractivity contribution in [3.8, 4) is 0 Å². The van der Waals surface area contributed by atoms with Gasteiger partial charge in [-0.15, -0.1) is 0 Å². The second kappa shape index (κ2) is 4.46. The Labute approximate surface area is 106 Å². The van der Waals surface area contributed by atoms with Gasteiger partial charge in [-0.1, -0.05) is 19.1 Å². The number of likely N-dealkylation sites (N-methyl/N-ethyl adjacent to an activating group) is 1. The molecule has 94 valence electrons. The van der Waals surface area contributed by atoms with Crippen molar-refractivity contribution in [2.24, 2.45) is 0 Å². The zero-order chi connectivity index (χ0) is 12.5. The molecule has 0 atom stereocenters. The highest BCUT2D eigenvalue weighted by atomic mass is 15.1. The van der Waals surface area contributed by atoms with Crippen LogP contribution in [0.1, 0.15) is 18.2 Å². The molecular weight excluding hydrogens is 224 g/mol. The SMILES string of the molecule is CCc1cccc2c1nc1[nH]c(CCNC)cn12. The van der Waals surface area contributed by atoms with E-state index in [0.717, 1.165) is 30.7 Å². The van der Waals surface area contributed by atoms with Crippen LogP contribution in [0.15, 0.2) is 24.4 Å². The summed E-state index contributed by atoms with van der Waals surface area (Å²) in [6.45, 7) is 3.14. The van der Waals surface area contributed by atoms with Gasteiger partial charge in [-0.2, -0.15) is 0 Å². The summed E-state index contributed by atoms with van der Waals surface area (Å²) < 4.78 is 2.15. The van der Waals surface area contributed by atoms with Crippen molar-refractivity contribution < 1.29 is 0 Å². The maximum absolute atomic E-state index is 4.70. The summed E-state index contributed by atoms with van der Waals surface area (Å²) in [6, 6.07) is 6.39. The Hall–Kier alpha value is -1.81. The van der Waals surface area contributed by atoms with Gasteiger partial charge in [-0.25, -0.2) is 4.98 Å². The Bertz CT molecular complexity index is 678. The van der Waals surface area contributed by atoms with Gasteiger partial charge in [0.05, 0.1) is 11.0 Å². The fourth-order valence-electron chi connectivity index (χ4n) is 2.40. The molecule has 0 aliphatic rings. The number of hydrogen-bond acceptors (Lipinski definition) is 2. The maximum Gasteiger partial charge on any atom is 0.212 e. The van der Waals surface area contributed by atoms with E-state index in [1.807, 2.05) is 7.05 Å². The largest absolute Gasteiger partial charge is 0.327 e. The first kappa shape index (κ1) is 11.3. The number of para-hydroxylation sites is 1. The average Bonchev–Trinajstić information content (AvgIpc) is 2.93. The predicted molar refractivity (Wildman–Crippen MR) is 74.1 cm³/mol. The summed E-state index contributed by atoms with van der Waals surface area (Å²) in [5.74, 6) is 0.942. The lowest BCUT2D eigenvalue weighted by molar-refractivity contribution is 0.780. The van der Waals surface area contributed by atoms with Gasteiger partial charge in [0.1, 0.15) is 0 Å². The standard InChI is InChI=1S/C14H18N4/c1-3-10-5-4-6-12-13(10)17-14-16-11(7-8-15-2)9-18(12)14/h4-6,9,15H,3,7-8H2,1-2H3,(H,16,17). The number of aromatic amines is 1. The summed E-state index contributed by atoms with van der Waals surface area (Å²) in [6.07, 6.45) is 4.17. The van der Waals surface area contributed by atoms with Gasteiger partial charge < -0.3 is 10.3 Å². The highest BCUT2D eigenvalue weighted by molar-refractivity contribution is 5.82. The molecule has 0 bridgehead atoms. The van der Waals surface area contributed by atoms with E-state index < -0.39 is 0 Å². The van der Waals surface area contributed by atoms with Crippen molar-refractivity contribution in [1.29, 1.82) is 0 Å². The van der Waals surface area contributed by atoms with E-state index in [0.29, 0.717) is 0 Å². The van der Waals surface area contributed by atoms with Crippen LogP contribution in [0.4, 0.5) is 0 Å². The van der Waals surface area contributed by atoms with Crippen molar-refractivity contribution in [2.75, 3.05) is 13.6 Å². The van der Waals surface area contributed by atoms with E-state index in [4.69, 9.17) is 4.98 Å². The molecule has 0 aliphatic carbocycles. The molecule has 0 spiro atoms. The minimum atomic E-state index is 0.942. The van der Waals surface area contributed by atoms with E-state index in [9.17, 15) is 0 Å². The van der Waals surface area contributed by atoms with E-state index in [1.54, 1.807) is 0 Å². The molecule has 2 aromatic heterocycles. The number of imidazole rings is 2. The maximum atomic E-state index is 4.70. The second-order valence-corrected chi connectivity index (χ2v) is 4.58. The van der Waals surface area contributed by atoms with Crippen LogP contribution in [0.5, 0.6) is 0 Å². The number of aromatic nitrogens is 3. The molecule has 2 N–H and O–H groups in total. The third kappa shape index (κ3) is 1.69. The zero-order valence-corrected chi connectivity index (χ0v) is 10.8. The molecular formula is C14H18N4. The number of nitrogens with one attached hydrogen (secondary N) is 2. The molecule has 2 heterocycles. The topological polar surface area (TPSA) is 45.1 Å². The van der Waals surface area contributed by atoms with E-state index in [-0.39, 0.29) is 0 Å². The Balaban J connectivity index is 2.13. The fourth-order valence-corrected chi connectivity index (χ4v) is 2.40. The van der Waals surface area contributed by atoms with Crippen molar-refractivity contribution in [2.45, 2.75) is 19.8 Å². The Kier molecular flexibility index (Phi) is 2.80. The second-order valence-electron chi connectivity index (χ2n) is 4.58. The van der Waals surface area contributed by atoms with Gasteiger partial charge in [-0.3, -0.25) is 4.40 Å². The average molecular weight is 242 g/mol. The first-order chi connectivity index (χ1) is 8.83. The molecule has 3 rings (SSSR count). The summed E-state index contributed by atoms with van der Waals surface area (Å²) in [5, 5.41) is 3.16. The van der Waals surface area contributed by atoms with Crippen LogP contribution in [0, 0.1) is 0 Å². The molecule has 3 aromatic rings. The number of rotatable bonds is 4. The van der Waals surface area contributed by atoms with Crippen LogP contribution in [0.3, 0.4) is 0 Å². The summed E-state index contributed by atoms with van der Waals surface area (Å²) >= 11 is 0. The number of aryl methyl sites for hydroxylation is 1. The van der Waals surface area contributed by atoms with Crippen molar-refractivity contribution in [3.05, 3.63) is 35.7 Å². The molecule has 0 unspecified atom stereocenters. The molecule has 0 aliphatic heterocycles. The number of H-pyrrole nitrogens is 1. The zero-order valence-electron chi connectivity index (χ0n) is 10.8. The highest BCUT2D eigenvalue weighted by Crippen LogP contribution is 2.21. The number of hydrogen-bond donors (Lipinski definition) is 2. The molecule has 18 heavy (non-hydrogen) atoms. The Morgan fingerprint density at radius 3 is 3.06 bits per heavy atom. The number of fused-ring (bicyclic) bond motifs is 3. The third-order valence-corrected chi connectivity index (χ3v) is 3.39. The Morgan fingerprint density at radius 1 is 1.39 bits per heavy atom. The minimum absolute atomic E-state index is 0.942. The normalized spacial score (nSPS) is 11.7. The van der Waals surface area contributed by atoms with Crippen LogP contribution in [-0.2, 0) is 12.8 Å². The molecule has 0 radical (unpaired) electrons. The molecule has 4 nitrogen and oxygen atoms in total. The monoisotopic (exact) mass is 242 g/mol. The van der Waals surface area contributed by atoms with Crippen LogP contribution in [-0.4, -0.2) is 28.0 Å². The van der Waals surface area contributed by atoms with Crippen LogP contribution in [0.2, 0.25) is 0 Å². The van der Waals surface area contributed by atoms with Crippen molar-refractivity contribution in [3.63, 3.8) is 0 Å². The molecule has 0 saturated carbocycles. The fraction of sp³-hybridized carbons (Fsp3) is 0.357. The van der Waals surface area contributed by atoms with Gasteiger partial charge in [0.25, 0.3) is 0 Å². The highest BCUT2D eigenvalue weighted by Gasteiger charge is 2.09. The van der Waals surface area contributed by atoms with Crippen LogP contribution >= 0.6 is 0 Å². The lowest BCUT2D eigenvalue weighted by Gasteiger charge is -1.98. The Morgan fingerprint density at radius 2 is 2.28 bits per heavy atom. The predicted octanol–water partition coefficient (Wildman–Crippen LogP) is 2.14. The quantitative estimate of drug-likeness (QED) is 0.736. The lowest BCUT2D eigenvalue weighted by Crippen LogP contribution is -2.10.